The lowest BCUT2D eigenvalue weighted by Crippen LogP contribution is -2.24. The zero-order valence-corrected chi connectivity index (χ0v) is 15.7. The molecule has 0 radical (unpaired) electrons. The molecule has 0 aliphatic carbocycles. The second kappa shape index (κ2) is 8.47. The summed E-state index contributed by atoms with van der Waals surface area (Å²) in [5.41, 5.74) is -0.672. The van der Waals surface area contributed by atoms with E-state index in [0.717, 1.165) is 6.42 Å². The first-order valence-electron chi connectivity index (χ1n) is 8.58. The van der Waals surface area contributed by atoms with Crippen molar-refractivity contribution in [1.29, 1.82) is 0 Å². The zero-order valence-electron chi connectivity index (χ0n) is 15.7. The maximum Gasteiger partial charge on any atom is 0.374 e. The fourth-order valence-electron chi connectivity index (χ4n) is 1.81. The highest BCUT2D eigenvalue weighted by Crippen LogP contribution is 2.26. The van der Waals surface area contributed by atoms with Gasteiger partial charge in [0.1, 0.15) is 0 Å². The third kappa shape index (κ3) is 5.78. The summed E-state index contributed by atoms with van der Waals surface area (Å²) < 4.78 is 16.2. The van der Waals surface area contributed by atoms with E-state index in [2.05, 4.69) is 6.92 Å². The monoisotopic (exact) mass is 338 g/mol. The van der Waals surface area contributed by atoms with Gasteiger partial charge in [-0.3, -0.25) is 4.79 Å². The van der Waals surface area contributed by atoms with Crippen molar-refractivity contribution in [2.24, 2.45) is 5.41 Å². The van der Waals surface area contributed by atoms with Crippen LogP contribution in [0.25, 0.3) is 0 Å². The highest BCUT2D eigenvalue weighted by Gasteiger charge is 2.29. The van der Waals surface area contributed by atoms with E-state index < -0.39 is 11.4 Å². The van der Waals surface area contributed by atoms with Gasteiger partial charge in [-0.15, -0.1) is 0 Å². The molecule has 0 aliphatic heterocycles. The molecule has 0 unspecified atom stereocenters. The number of hydrogen-bond donors (Lipinski definition) is 0. The van der Waals surface area contributed by atoms with Crippen LogP contribution in [0.5, 0.6) is 0 Å². The summed E-state index contributed by atoms with van der Waals surface area (Å²) in [5.74, 6) is -0.417. The van der Waals surface area contributed by atoms with E-state index in [9.17, 15) is 9.59 Å². The van der Waals surface area contributed by atoms with E-state index in [4.69, 9.17) is 13.9 Å². The van der Waals surface area contributed by atoms with Crippen LogP contribution >= 0.6 is 0 Å². The van der Waals surface area contributed by atoms with E-state index in [1.165, 1.54) is 12.1 Å². The van der Waals surface area contributed by atoms with Crippen molar-refractivity contribution >= 4 is 11.8 Å². The maximum absolute atomic E-state index is 12.3. The molecule has 0 aliphatic rings. The van der Waals surface area contributed by atoms with Gasteiger partial charge < -0.3 is 13.9 Å². The molecule has 1 aromatic rings. The van der Waals surface area contributed by atoms with Crippen LogP contribution in [0.1, 0.15) is 81.9 Å². The molecular formula is C19H30O5. The molecule has 0 saturated carbocycles. The fraction of sp³-hybridized carbons (Fsp3) is 0.684. The lowest BCUT2D eigenvalue weighted by molar-refractivity contribution is -0.0271. The van der Waals surface area contributed by atoms with Crippen molar-refractivity contribution < 1.29 is 23.5 Å². The number of carbonyl (C=O) groups is 2. The number of ether oxygens (including phenoxy) is 2. The Hall–Kier alpha value is -1.62. The van der Waals surface area contributed by atoms with Crippen LogP contribution in [0.15, 0.2) is 16.5 Å². The molecule has 0 fully saturated rings. The zero-order chi connectivity index (χ0) is 18.4. The van der Waals surface area contributed by atoms with Crippen molar-refractivity contribution in [3.63, 3.8) is 0 Å². The second-order valence-corrected chi connectivity index (χ2v) is 7.18. The molecule has 0 N–H and O–H groups in total. The first kappa shape index (κ1) is 20.4. The van der Waals surface area contributed by atoms with Crippen LogP contribution in [-0.2, 0) is 9.47 Å². The van der Waals surface area contributed by atoms with E-state index >= 15 is 0 Å². The van der Waals surface area contributed by atoms with Crippen LogP contribution < -0.4 is 0 Å². The van der Waals surface area contributed by atoms with Gasteiger partial charge in [0.05, 0.1) is 18.8 Å². The average Bonchev–Trinajstić information content (AvgIpc) is 3.03. The minimum Gasteiger partial charge on any atom is -0.460 e. The Kier molecular flexibility index (Phi) is 7.21. The smallest absolute Gasteiger partial charge is 0.374 e. The summed E-state index contributed by atoms with van der Waals surface area (Å²) in [6.45, 7) is 12.6. The number of ketones is 1. The second-order valence-electron chi connectivity index (χ2n) is 7.18. The maximum atomic E-state index is 12.3. The van der Waals surface area contributed by atoms with E-state index in [1.807, 2.05) is 34.6 Å². The average molecular weight is 338 g/mol. The first-order valence-corrected chi connectivity index (χ1v) is 8.58. The van der Waals surface area contributed by atoms with Gasteiger partial charge in [-0.25, -0.2) is 4.79 Å². The van der Waals surface area contributed by atoms with Crippen molar-refractivity contribution in [3.05, 3.63) is 23.7 Å². The molecule has 0 aromatic carbocycles. The SMILES string of the molecule is CCC(C)(C)OCCCOC(=O)c1ccc(C(=O)C(C)(C)CC)o1. The molecule has 0 amide bonds. The van der Waals surface area contributed by atoms with E-state index in [1.54, 1.807) is 0 Å². The van der Waals surface area contributed by atoms with Crippen LogP contribution in [0.3, 0.4) is 0 Å². The topological polar surface area (TPSA) is 65.7 Å². The largest absolute Gasteiger partial charge is 0.460 e. The molecule has 1 aromatic heterocycles. The summed E-state index contributed by atoms with van der Waals surface area (Å²) in [6.07, 6.45) is 2.23. The predicted molar refractivity (Wildman–Crippen MR) is 92.3 cm³/mol. The van der Waals surface area contributed by atoms with Gasteiger partial charge in [-0.1, -0.05) is 27.7 Å². The molecular weight excluding hydrogens is 308 g/mol. The Labute approximate surface area is 144 Å². The third-order valence-electron chi connectivity index (χ3n) is 4.40. The predicted octanol–water partition coefficient (Wildman–Crippen LogP) is 4.65. The summed E-state index contributed by atoms with van der Waals surface area (Å²) in [4.78, 5) is 24.2. The van der Waals surface area contributed by atoms with Gasteiger partial charge in [0.25, 0.3) is 0 Å². The van der Waals surface area contributed by atoms with Crippen molar-refractivity contribution in [2.45, 2.75) is 66.4 Å². The van der Waals surface area contributed by atoms with Crippen LogP contribution in [0.4, 0.5) is 0 Å². The highest BCUT2D eigenvalue weighted by molar-refractivity contribution is 5.98. The first-order chi connectivity index (χ1) is 11.1. The highest BCUT2D eigenvalue weighted by atomic mass is 16.5. The van der Waals surface area contributed by atoms with Crippen LogP contribution in [0.2, 0.25) is 0 Å². The number of Topliss-reactive ketones (excluding diaryl/α,β-unsaturated/α-hetero) is 1. The lowest BCUT2D eigenvalue weighted by Gasteiger charge is -2.23. The van der Waals surface area contributed by atoms with Crippen LogP contribution in [0, 0.1) is 5.41 Å². The summed E-state index contributed by atoms with van der Waals surface area (Å²) in [6, 6.07) is 3.02. The van der Waals surface area contributed by atoms with Gasteiger partial charge in [0.15, 0.2) is 5.76 Å². The molecule has 5 nitrogen and oxygen atoms in total. The number of furan rings is 1. The number of rotatable bonds is 10. The summed E-state index contributed by atoms with van der Waals surface area (Å²) in [7, 11) is 0. The number of carbonyl (C=O) groups excluding carboxylic acids is 2. The molecule has 5 heteroatoms. The number of hydrogen-bond acceptors (Lipinski definition) is 5. The molecule has 1 heterocycles. The lowest BCUT2D eigenvalue weighted by atomic mass is 9.84. The van der Waals surface area contributed by atoms with Gasteiger partial charge in [-0.2, -0.15) is 0 Å². The Balaban J connectivity index is 2.46. The van der Waals surface area contributed by atoms with Crippen LogP contribution in [-0.4, -0.2) is 30.6 Å². The number of esters is 1. The Morgan fingerprint density at radius 3 is 2.21 bits per heavy atom. The Morgan fingerprint density at radius 2 is 1.62 bits per heavy atom. The van der Waals surface area contributed by atoms with Gasteiger partial charge >= 0.3 is 5.97 Å². The van der Waals surface area contributed by atoms with E-state index in [0.29, 0.717) is 19.4 Å². The molecule has 136 valence electrons. The molecule has 0 spiro atoms. The minimum absolute atomic E-state index is 0.0556. The minimum atomic E-state index is -0.557. The summed E-state index contributed by atoms with van der Waals surface area (Å²) >= 11 is 0. The van der Waals surface area contributed by atoms with Gasteiger partial charge in [0, 0.05) is 11.8 Å². The van der Waals surface area contributed by atoms with E-state index in [-0.39, 0.29) is 29.5 Å². The Bertz CT molecular complexity index is 554. The Morgan fingerprint density at radius 1 is 1.00 bits per heavy atom. The van der Waals surface area contributed by atoms with Gasteiger partial charge in [0.2, 0.25) is 11.5 Å². The molecule has 0 bridgehead atoms. The third-order valence-corrected chi connectivity index (χ3v) is 4.40. The van der Waals surface area contributed by atoms with Gasteiger partial charge in [-0.05, 0) is 38.8 Å². The standard InChI is InChI=1S/C19H30O5/c1-7-18(3,4)16(20)14-10-11-15(24-14)17(21)22-12-9-13-23-19(5,6)8-2/h10-11H,7-9,12-13H2,1-6H3. The quantitative estimate of drug-likeness (QED) is 0.353. The molecule has 1 rings (SSSR count). The molecule has 24 heavy (non-hydrogen) atoms. The van der Waals surface area contributed by atoms with Crippen molar-refractivity contribution in [3.8, 4) is 0 Å². The normalized spacial score (nSPS) is 12.2. The molecule has 0 saturated heterocycles. The summed E-state index contributed by atoms with van der Waals surface area (Å²) in [5, 5.41) is 0. The fourth-order valence-corrected chi connectivity index (χ4v) is 1.81. The van der Waals surface area contributed by atoms with Crippen molar-refractivity contribution in [1.82, 2.24) is 0 Å². The van der Waals surface area contributed by atoms with Crippen molar-refractivity contribution in [2.75, 3.05) is 13.2 Å². The molecule has 0 atom stereocenters.